The molecule has 4 nitrogen and oxygen atoms in total. The summed E-state index contributed by atoms with van der Waals surface area (Å²) in [6, 6.07) is 0. The van der Waals surface area contributed by atoms with Crippen molar-refractivity contribution in [3.05, 3.63) is 0 Å². The lowest BCUT2D eigenvalue weighted by Gasteiger charge is -2.29. The van der Waals surface area contributed by atoms with Crippen molar-refractivity contribution in [3.63, 3.8) is 0 Å². The van der Waals surface area contributed by atoms with E-state index in [1.807, 2.05) is 0 Å². The van der Waals surface area contributed by atoms with Gasteiger partial charge in [-0.3, -0.25) is 9.59 Å². The number of halogens is 7. The fraction of sp³-hybridized carbons (Fsp3) is 0.818. The number of amides is 1. The van der Waals surface area contributed by atoms with Crippen molar-refractivity contribution in [2.75, 3.05) is 20.2 Å². The summed E-state index contributed by atoms with van der Waals surface area (Å²) in [6.45, 7) is 1.96. The molecule has 0 fully saturated rings. The van der Waals surface area contributed by atoms with E-state index in [-0.39, 0.29) is 17.4 Å². The molecular formula is C11H14F7NO3. The summed E-state index contributed by atoms with van der Waals surface area (Å²) < 4.78 is 91.8. The molecule has 0 spiro atoms. The molecule has 0 unspecified atom stereocenters. The van der Waals surface area contributed by atoms with E-state index in [1.165, 1.54) is 0 Å². The van der Waals surface area contributed by atoms with Crippen molar-refractivity contribution in [1.82, 2.24) is 4.90 Å². The molecule has 0 aliphatic heterocycles. The summed E-state index contributed by atoms with van der Waals surface area (Å²) in [7, 11) is 0.485. The largest absolute Gasteiger partial charge is 0.464 e. The molecule has 0 radical (unpaired) electrons. The van der Waals surface area contributed by atoms with Gasteiger partial charge in [0.1, 0.15) is 6.54 Å². The van der Waals surface area contributed by atoms with Gasteiger partial charge in [-0.05, 0) is 5.92 Å². The van der Waals surface area contributed by atoms with Crippen molar-refractivity contribution >= 4 is 11.9 Å². The van der Waals surface area contributed by atoms with Gasteiger partial charge in [0, 0.05) is 7.05 Å². The average Bonchev–Trinajstić information content (AvgIpc) is 2.33. The van der Waals surface area contributed by atoms with Crippen LogP contribution in [0.4, 0.5) is 30.7 Å². The van der Waals surface area contributed by atoms with Gasteiger partial charge in [-0.15, -0.1) is 0 Å². The first-order valence-corrected chi connectivity index (χ1v) is 5.88. The van der Waals surface area contributed by atoms with Gasteiger partial charge in [0.2, 0.25) is 0 Å². The second-order valence-corrected chi connectivity index (χ2v) is 4.88. The number of likely N-dealkylation sites (N-methyl/N-ethyl adjacent to an activating group) is 1. The maximum Gasteiger partial charge on any atom is 0.460 e. The molecule has 0 saturated heterocycles. The van der Waals surface area contributed by atoms with E-state index in [4.69, 9.17) is 0 Å². The topological polar surface area (TPSA) is 46.6 Å². The molecule has 0 N–H and O–H groups in total. The minimum Gasteiger partial charge on any atom is -0.464 e. The van der Waals surface area contributed by atoms with Crippen LogP contribution in [-0.2, 0) is 14.3 Å². The number of nitrogens with zero attached hydrogens (tertiary/aromatic N) is 1. The molecule has 0 aromatic rings. The molecule has 0 bridgehead atoms. The highest BCUT2D eigenvalue weighted by molar-refractivity contribution is 5.87. The Balaban J connectivity index is 4.98. The van der Waals surface area contributed by atoms with Crippen molar-refractivity contribution < 1.29 is 45.1 Å². The zero-order chi connectivity index (χ0) is 17.9. The Hall–Kier alpha value is -1.55. The number of carbonyl (C=O) groups is 2. The van der Waals surface area contributed by atoms with Gasteiger partial charge in [0.15, 0.2) is 0 Å². The molecule has 0 rings (SSSR count). The smallest absolute Gasteiger partial charge is 0.460 e. The minimum atomic E-state index is -6.62. The Morgan fingerprint density at radius 2 is 1.50 bits per heavy atom. The average molecular weight is 341 g/mol. The summed E-state index contributed by atoms with van der Waals surface area (Å²) in [4.78, 5) is 22.0. The van der Waals surface area contributed by atoms with E-state index in [2.05, 4.69) is 4.74 Å². The lowest BCUT2D eigenvalue weighted by Crippen LogP contribution is -2.60. The van der Waals surface area contributed by atoms with Gasteiger partial charge >= 0.3 is 24.0 Å². The van der Waals surface area contributed by atoms with Gasteiger partial charge in [0.05, 0.1) is 6.61 Å². The molecular weight excluding hydrogens is 327 g/mol. The first-order valence-electron chi connectivity index (χ1n) is 5.88. The van der Waals surface area contributed by atoms with Crippen LogP contribution in [0.5, 0.6) is 0 Å². The molecule has 0 aliphatic rings. The molecule has 11 heteroatoms. The standard InChI is InChI=1S/C11H14F7NO3/c1-6(2)5-22-7(20)4-19(3)8(21)9(12,13)10(14,15)11(16,17)18/h6H,4-5H2,1-3H3. The third-order valence-corrected chi connectivity index (χ3v) is 2.31. The Morgan fingerprint density at radius 3 is 1.86 bits per heavy atom. The lowest BCUT2D eigenvalue weighted by atomic mass is 10.1. The summed E-state index contributed by atoms with van der Waals surface area (Å²) in [5.74, 6) is -16.8. The van der Waals surface area contributed by atoms with Crippen LogP contribution in [0.2, 0.25) is 0 Å². The summed E-state index contributed by atoms with van der Waals surface area (Å²) in [6.07, 6.45) is -6.62. The number of esters is 1. The second kappa shape index (κ2) is 6.69. The van der Waals surface area contributed by atoms with Gasteiger partial charge in [-0.25, -0.2) is 0 Å². The third kappa shape index (κ3) is 4.47. The van der Waals surface area contributed by atoms with E-state index in [1.54, 1.807) is 13.8 Å². The summed E-state index contributed by atoms with van der Waals surface area (Å²) in [5.41, 5.74) is 0. The fourth-order valence-electron chi connectivity index (χ4n) is 1.12. The zero-order valence-electron chi connectivity index (χ0n) is 11.8. The van der Waals surface area contributed by atoms with Crippen LogP contribution in [0.25, 0.3) is 0 Å². The molecule has 0 aliphatic carbocycles. The van der Waals surface area contributed by atoms with E-state index in [0.717, 1.165) is 0 Å². The molecule has 130 valence electrons. The highest BCUT2D eigenvalue weighted by atomic mass is 19.4. The van der Waals surface area contributed by atoms with Crippen LogP contribution in [0.3, 0.4) is 0 Å². The maximum absolute atomic E-state index is 13.1. The normalized spacial score (nSPS) is 13.2. The summed E-state index contributed by atoms with van der Waals surface area (Å²) in [5, 5.41) is 0. The first-order chi connectivity index (χ1) is 9.64. The van der Waals surface area contributed by atoms with E-state index < -0.39 is 36.4 Å². The van der Waals surface area contributed by atoms with Crippen LogP contribution >= 0.6 is 0 Å². The predicted molar refractivity (Wildman–Crippen MR) is 59.4 cm³/mol. The Morgan fingerprint density at radius 1 is 1.05 bits per heavy atom. The lowest BCUT2D eigenvalue weighted by molar-refractivity contribution is -0.345. The monoisotopic (exact) mass is 341 g/mol. The fourth-order valence-corrected chi connectivity index (χ4v) is 1.12. The molecule has 0 saturated carbocycles. The molecule has 0 atom stereocenters. The highest BCUT2D eigenvalue weighted by Gasteiger charge is 2.76. The quantitative estimate of drug-likeness (QED) is 0.551. The zero-order valence-corrected chi connectivity index (χ0v) is 11.8. The number of alkyl halides is 7. The Kier molecular flexibility index (Phi) is 6.22. The van der Waals surface area contributed by atoms with Crippen LogP contribution < -0.4 is 0 Å². The summed E-state index contributed by atoms with van der Waals surface area (Å²) >= 11 is 0. The van der Waals surface area contributed by atoms with Crippen molar-refractivity contribution in [2.45, 2.75) is 31.9 Å². The van der Waals surface area contributed by atoms with Crippen LogP contribution in [0.1, 0.15) is 13.8 Å². The van der Waals surface area contributed by atoms with Crippen LogP contribution in [0.15, 0.2) is 0 Å². The predicted octanol–water partition coefficient (Wildman–Crippen LogP) is 2.48. The number of hydrogen-bond donors (Lipinski definition) is 0. The van der Waals surface area contributed by atoms with Gasteiger partial charge in [0.25, 0.3) is 5.91 Å². The second-order valence-electron chi connectivity index (χ2n) is 4.88. The number of rotatable bonds is 6. The molecule has 1 amide bonds. The molecule has 22 heavy (non-hydrogen) atoms. The molecule has 0 aromatic heterocycles. The van der Waals surface area contributed by atoms with Crippen LogP contribution in [0, 0.1) is 5.92 Å². The highest BCUT2D eigenvalue weighted by Crippen LogP contribution is 2.47. The molecule has 0 heterocycles. The van der Waals surface area contributed by atoms with Crippen LogP contribution in [-0.4, -0.2) is 55.0 Å². The Labute approximate surface area is 121 Å². The van der Waals surface area contributed by atoms with E-state index >= 15 is 0 Å². The maximum atomic E-state index is 13.1. The SMILES string of the molecule is CC(C)COC(=O)CN(C)C(=O)C(F)(F)C(F)(F)C(F)(F)F. The van der Waals surface area contributed by atoms with E-state index in [9.17, 15) is 40.3 Å². The van der Waals surface area contributed by atoms with Gasteiger partial charge in [-0.1, -0.05) is 13.8 Å². The van der Waals surface area contributed by atoms with Crippen molar-refractivity contribution in [2.24, 2.45) is 5.92 Å². The third-order valence-electron chi connectivity index (χ3n) is 2.31. The number of ether oxygens (including phenoxy) is 1. The Bertz CT molecular complexity index is 420. The molecule has 0 aromatic carbocycles. The van der Waals surface area contributed by atoms with Gasteiger partial charge in [-0.2, -0.15) is 30.7 Å². The first kappa shape index (κ1) is 20.5. The van der Waals surface area contributed by atoms with E-state index in [0.29, 0.717) is 7.05 Å². The number of carbonyl (C=O) groups excluding carboxylic acids is 2. The number of hydrogen-bond acceptors (Lipinski definition) is 3. The van der Waals surface area contributed by atoms with Gasteiger partial charge < -0.3 is 9.64 Å². The van der Waals surface area contributed by atoms with Crippen molar-refractivity contribution in [1.29, 1.82) is 0 Å². The minimum absolute atomic E-state index is 0.124. The van der Waals surface area contributed by atoms with Crippen molar-refractivity contribution in [3.8, 4) is 0 Å².